The van der Waals surface area contributed by atoms with Crippen molar-refractivity contribution in [1.82, 2.24) is 4.98 Å². The van der Waals surface area contributed by atoms with Gasteiger partial charge in [-0.3, -0.25) is 10.1 Å². The molecule has 1 heterocycles. The highest BCUT2D eigenvalue weighted by Gasteiger charge is 2.11. The minimum Gasteiger partial charge on any atom is -0.361 e. The molecule has 0 amide bonds. The molecule has 78 valence electrons. The van der Waals surface area contributed by atoms with Gasteiger partial charge in [0.1, 0.15) is 0 Å². The molecule has 0 saturated heterocycles. The first-order valence-corrected chi connectivity index (χ1v) is 4.60. The summed E-state index contributed by atoms with van der Waals surface area (Å²) >= 11 is 0. The van der Waals surface area contributed by atoms with Crippen LogP contribution in [0.1, 0.15) is 18.5 Å². The van der Waals surface area contributed by atoms with E-state index in [4.69, 9.17) is 5.73 Å². The summed E-state index contributed by atoms with van der Waals surface area (Å²) in [7, 11) is 0. The number of nitrogens with two attached hydrogens (primary N) is 1. The fourth-order valence-corrected chi connectivity index (χ4v) is 1.63. The Hall–Kier alpha value is -1.88. The minimum atomic E-state index is -0.411. The molecule has 0 radical (unpaired) electrons. The predicted molar refractivity (Wildman–Crippen MR) is 57.6 cm³/mol. The van der Waals surface area contributed by atoms with Crippen molar-refractivity contribution in [2.24, 2.45) is 5.73 Å². The van der Waals surface area contributed by atoms with E-state index < -0.39 is 4.92 Å². The number of nitrogens with one attached hydrogen (secondary N) is 1. The van der Waals surface area contributed by atoms with Crippen molar-refractivity contribution in [3.05, 3.63) is 40.1 Å². The molecule has 0 bridgehead atoms. The van der Waals surface area contributed by atoms with Crippen LogP contribution in [0.4, 0.5) is 5.69 Å². The maximum atomic E-state index is 10.6. The number of nitro benzene ring substituents is 1. The molecule has 1 aromatic heterocycles. The van der Waals surface area contributed by atoms with Crippen LogP contribution in [-0.4, -0.2) is 9.91 Å². The number of hydrogen-bond acceptors (Lipinski definition) is 3. The average Bonchev–Trinajstić information content (AvgIpc) is 2.59. The molecular weight excluding hydrogens is 194 g/mol. The summed E-state index contributed by atoms with van der Waals surface area (Å²) in [4.78, 5) is 13.1. The number of aromatic nitrogens is 1. The Bertz CT molecular complexity index is 516. The molecular formula is C10H11N3O2. The average molecular weight is 205 g/mol. The fraction of sp³-hybridized carbons (Fsp3) is 0.200. The van der Waals surface area contributed by atoms with Crippen LogP contribution in [-0.2, 0) is 0 Å². The van der Waals surface area contributed by atoms with Gasteiger partial charge in [-0.05, 0) is 18.6 Å². The van der Waals surface area contributed by atoms with Gasteiger partial charge in [-0.2, -0.15) is 0 Å². The van der Waals surface area contributed by atoms with Gasteiger partial charge >= 0.3 is 0 Å². The van der Waals surface area contributed by atoms with Crippen LogP contribution in [0.25, 0.3) is 10.9 Å². The second-order valence-corrected chi connectivity index (χ2v) is 3.52. The van der Waals surface area contributed by atoms with Crippen molar-refractivity contribution in [3.63, 3.8) is 0 Å². The van der Waals surface area contributed by atoms with Crippen molar-refractivity contribution in [3.8, 4) is 0 Å². The third-order valence-electron chi connectivity index (χ3n) is 2.40. The van der Waals surface area contributed by atoms with Crippen LogP contribution in [0.15, 0.2) is 24.4 Å². The highest BCUT2D eigenvalue weighted by Crippen LogP contribution is 2.25. The zero-order valence-electron chi connectivity index (χ0n) is 8.23. The number of hydrogen-bond donors (Lipinski definition) is 2. The Balaban J connectivity index is 2.61. The molecule has 2 aromatic rings. The van der Waals surface area contributed by atoms with Crippen LogP contribution in [0.3, 0.4) is 0 Å². The van der Waals surface area contributed by atoms with Gasteiger partial charge < -0.3 is 10.7 Å². The van der Waals surface area contributed by atoms with Gasteiger partial charge in [-0.15, -0.1) is 0 Å². The second kappa shape index (κ2) is 3.36. The first kappa shape index (κ1) is 9.67. The molecule has 0 aliphatic heterocycles. The minimum absolute atomic E-state index is 0.0831. The first-order valence-electron chi connectivity index (χ1n) is 4.60. The highest BCUT2D eigenvalue weighted by atomic mass is 16.6. The molecule has 0 spiro atoms. The second-order valence-electron chi connectivity index (χ2n) is 3.52. The number of rotatable bonds is 2. The number of non-ortho nitro benzene ring substituents is 1. The van der Waals surface area contributed by atoms with Gasteiger partial charge in [0.05, 0.1) is 10.4 Å². The summed E-state index contributed by atoms with van der Waals surface area (Å²) < 4.78 is 0. The standard InChI is InChI=1S/C10H11N3O2/c1-6(11)9-5-12-10-4-7(13(14)15)2-3-8(9)10/h2-6,12H,11H2,1H3/t6-/m0/s1. The topological polar surface area (TPSA) is 85.0 Å². The van der Waals surface area contributed by atoms with E-state index in [9.17, 15) is 10.1 Å². The van der Waals surface area contributed by atoms with E-state index >= 15 is 0 Å². The molecule has 0 fully saturated rings. The van der Waals surface area contributed by atoms with Crippen LogP contribution in [0.2, 0.25) is 0 Å². The Morgan fingerprint density at radius 1 is 1.53 bits per heavy atom. The van der Waals surface area contributed by atoms with Gasteiger partial charge in [0.2, 0.25) is 0 Å². The van der Waals surface area contributed by atoms with Crippen molar-refractivity contribution < 1.29 is 4.92 Å². The largest absolute Gasteiger partial charge is 0.361 e. The van der Waals surface area contributed by atoms with Crippen LogP contribution in [0.5, 0.6) is 0 Å². The fourth-order valence-electron chi connectivity index (χ4n) is 1.63. The number of aromatic amines is 1. The van der Waals surface area contributed by atoms with Gasteiger partial charge in [0.15, 0.2) is 0 Å². The molecule has 0 unspecified atom stereocenters. The van der Waals surface area contributed by atoms with E-state index in [2.05, 4.69) is 4.98 Å². The van der Waals surface area contributed by atoms with Crippen molar-refractivity contribution in [1.29, 1.82) is 0 Å². The maximum Gasteiger partial charge on any atom is 0.271 e. The van der Waals surface area contributed by atoms with Crippen LogP contribution >= 0.6 is 0 Å². The lowest BCUT2D eigenvalue weighted by molar-refractivity contribution is -0.384. The molecule has 3 N–H and O–H groups in total. The summed E-state index contributed by atoms with van der Waals surface area (Å²) in [6, 6.07) is 4.64. The lowest BCUT2D eigenvalue weighted by atomic mass is 10.1. The van der Waals surface area contributed by atoms with Gasteiger partial charge in [0.25, 0.3) is 5.69 Å². The number of H-pyrrole nitrogens is 1. The third-order valence-corrected chi connectivity index (χ3v) is 2.40. The molecule has 0 aliphatic rings. The van der Waals surface area contributed by atoms with Gasteiger partial charge in [0, 0.05) is 29.8 Å². The number of benzene rings is 1. The summed E-state index contributed by atoms with van der Waals surface area (Å²) in [6.45, 7) is 1.88. The highest BCUT2D eigenvalue weighted by molar-refractivity contribution is 5.85. The Kier molecular flexibility index (Phi) is 2.17. The van der Waals surface area contributed by atoms with E-state index in [1.807, 2.05) is 6.92 Å². The van der Waals surface area contributed by atoms with Gasteiger partial charge in [-0.25, -0.2) is 0 Å². The van der Waals surface area contributed by atoms with E-state index in [1.54, 1.807) is 12.3 Å². The maximum absolute atomic E-state index is 10.6. The molecule has 0 saturated carbocycles. The summed E-state index contributed by atoms with van der Waals surface area (Å²) in [5.74, 6) is 0. The van der Waals surface area contributed by atoms with E-state index in [1.165, 1.54) is 12.1 Å². The number of nitro groups is 1. The van der Waals surface area contributed by atoms with E-state index in [-0.39, 0.29) is 11.7 Å². The predicted octanol–water partition coefficient (Wildman–Crippen LogP) is 2.10. The van der Waals surface area contributed by atoms with Crippen molar-refractivity contribution in [2.45, 2.75) is 13.0 Å². The quantitative estimate of drug-likeness (QED) is 0.581. The monoisotopic (exact) mass is 205 g/mol. The molecule has 5 nitrogen and oxygen atoms in total. The summed E-state index contributed by atoms with van der Waals surface area (Å²) in [5.41, 5.74) is 7.57. The SMILES string of the molecule is C[C@H](N)c1c[nH]c2cc([N+](=O)[O-])ccc12. The summed E-state index contributed by atoms with van der Waals surface area (Å²) in [6.07, 6.45) is 1.79. The molecule has 5 heteroatoms. The zero-order valence-corrected chi connectivity index (χ0v) is 8.23. The Morgan fingerprint density at radius 3 is 2.87 bits per heavy atom. The zero-order chi connectivity index (χ0) is 11.0. The molecule has 1 atom stereocenters. The smallest absolute Gasteiger partial charge is 0.271 e. The molecule has 15 heavy (non-hydrogen) atoms. The van der Waals surface area contributed by atoms with Crippen molar-refractivity contribution in [2.75, 3.05) is 0 Å². The molecule has 2 rings (SSSR count). The van der Waals surface area contributed by atoms with Crippen LogP contribution in [0, 0.1) is 10.1 Å². The molecule has 1 aromatic carbocycles. The third kappa shape index (κ3) is 1.57. The Labute approximate surface area is 86.0 Å². The van der Waals surface area contributed by atoms with E-state index in [0.29, 0.717) is 0 Å². The van der Waals surface area contributed by atoms with Crippen LogP contribution < -0.4 is 5.73 Å². The van der Waals surface area contributed by atoms with Gasteiger partial charge in [-0.1, -0.05) is 0 Å². The number of fused-ring (bicyclic) bond motifs is 1. The summed E-state index contributed by atoms with van der Waals surface area (Å²) in [5, 5.41) is 11.5. The lowest BCUT2D eigenvalue weighted by Gasteiger charge is -2.01. The van der Waals surface area contributed by atoms with E-state index in [0.717, 1.165) is 16.5 Å². The lowest BCUT2D eigenvalue weighted by Crippen LogP contribution is -2.03. The normalized spacial score (nSPS) is 12.9. The Morgan fingerprint density at radius 2 is 2.27 bits per heavy atom. The number of nitrogens with zero attached hydrogens (tertiary/aromatic N) is 1. The van der Waals surface area contributed by atoms with Crippen molar-refractivity contribution >= 4 is 16.6 Å². The first-order chi connectivity index (χ1) is 7.09. The molecule has 0 aliphatic carbocycles.